The van der Waals surface area contributed by atoms with Gasteiger partial charge in [-0.05, 0) is 5.56 Å². The minimum absolute atomic E-state index is 0.0520. The third kappa shape index (κ3) is 5.77. The molecule has 0 bridgehead atoms. The molecule has 1 amide bonds. The molecule has 4 nitrogen and oxygen atoms in total. The van der Waals surface area contributed by atoms with Crippen molar-refractivity contribution in [1.29, 1.82) is 0 Å². The molecule has 14 heavy (non-hydrogen) atoms. The lowest BCUT2D eigenvalue weighted by Gasteiger charge is -1.98. The van der Waals surface area contributed by atoms with Gasteiger partial charge in [0.2, 0.25) is 5.91 Å². The van der Waals surface area contributed by atoms with Gasteiger partial charge in [-0.15, -0.1) is 0 Å². The highest BCUT2D eigenvalue weighted by atomic mass is 16.3. The van der Waals surface area contributed by atoms with Gasteiger partial charge in [0.1, 0.15) is 0 Å². The summed E-state index contributed by atoms with van der Waals surface area (Å²) in [7, 11) is 1.64. The zero-order valence-corrected chi connectivity index (χ0v) is 7.93. The van der Waals surface area contributed by atoms with Gasteiger partial charge in [-0.1, -0.05) is 30.3 Å². The molecule has 0 aliphatic heterocycles. The Kier molecular flexibility index (Phi) is 6.77. The van der Waals surface area contributed by atoms with Gasteiger partial charge in [0.15, 0.2) is 0 Å². The molecule has 0 saturated heterocycles. The van der Waals surface area contributed by atoms with Crippen molar-refractivity contribution in [2.24, 2.45) is 0 Å². The number of carbonyl (C=O) groups excluding carboxylic acids is 1. The monoisotopic (exact) mass is 195 g/mol. The summed E-state index contributed by atoms with van der Waals surface area (Å²) in [6.45, 7) is -0.250. The van der Waals surface area contributed by atoms with Gasteiger partial charge in [0.25, 0.3) is 6.47 Å². The maximum absolute atomic E-state index is 10.9. The van der Waals surface area contributed by atoms with Gasteiger partial charge in [0.05, 0.1) is 6.42 Å². The van der Waals surface area contributed by atoms with Crippen molar-refractivity contribution in [3.63, 3.8) is 0 Å². The van der Waals surface area contributed by atoms with Crippen LogP contribution < -0.4 is 5.32 Å². The van der Waals surface area contributed by atoms with Crippen molar-refractivity contribution in [2.75, 3.05) is 7.05 Å². The van der Waals surface area contributed by atoms with Crippen molar-refractivity contribution < 1.29 is 14.7 Å². The minimum atomic E-state index is -0.250. The average Bonchev–Trinajstić information content (AvgIpc) is 2.20. The first-order valence-corrected chi connectivity index (χ1v) is 4.07. The van der Waals surface area contributed by atoms with Crippen molar-refractivity contribution >= 4 is 12.4 Å². The van der Waals surface area contributed by atoms with Gasteiger partial charge in [-0.25, -0.2) is 0 Å². The standard InChI is InChI=1S/C9H11NO.CH2O2/c1-10-9(11)7-8-5-3-2-4-6-8;2-1-3/h2-6H,7H2,1H3,(H,10,11);1H,(H,2,3). The maximum atomic E-state index is 10.9. The lowest BCUT2D eigenvalue weighted by atomic mass is 10.1. The Morgan fingerprint density at radius 1 is 1.43 bits per heavy atom. The first kappa shape index (κ1) is 12.2. The van der Waals surface area contributed by atoms with E-state index in [0.717, 1.165) is 5.56 Å². The molecule has 1 aromatic carbocycles. The van der Waals surface area contributed by atoms with Crippen molar-refractivity contribution in [1.82, 2.24) is 5.32 Å². The highest BCUT2D eigenvalue weighted by molar-refractivity contribution is 5.78. The van der Waals surface area contributed by atoms with E-state index in [9.17, 15) is 4.79 Å². The van der Waals surface area contributed by atoms with Crippen LogP contribution in [0.1, 0.15) is 5.56 Å². The van der Waals surface area contributed by atoms with E-state index in [0.29, 0.717) is 6.42 Å². The number of benzene rings is 1. The Balaban J connectivity index is 0.000000500. The zero-order chi connectivity index (χ0) is 10.8. The molecule has 0 unspecified atom stereocenters. The summed E-state index contributed by atoms with van der Waals surface area (Å²) in [6.07, 6.45) is 0.470. The number of hydrogen-bond donors (Lipinski definition) is 2. The molecule has 0 saturated carbocycles. The molecule has 0 heterocycles. The van der Waals surface area contributed by atoms with E-state index in [2.05, 4.69) is 5.32 Å². The molecule has 0 spiro atoms. The number of nitrogens with one attached hydrogen (secondary N) is 1. The van der Waals surface area contributed by atoms with Crippen LogP contribution in [0, 0.1) is 0 Å². The Bertz CT molecular complexity index is 272. The lowest BCUT2D eigenvalue weighted by Crippen LogP contribution is -2.19. The summed E-state index contributed by atoms with van der Waals surface area (Å²) in [5, 5.41) is 9.46. The molecule has 1 aromatic rings. The largest absolute Gasteiger partial charge is 0.483 e. The van der Waals surface area contributed by atoms with Gasteiger partial charge in [0, 0.05) is 7.05 Å². The molecular formula is C10H13NO3. The summed E-state index contributed by atoms with van der Waals surface area (Å²) in [6, 6.07) is 9.67. The number of carboxylic acid groups (broad SMARTS) is 1. The number of carbonyl (C=O) groups is 2. The molecular weight excluding hydrogens is 182 g/mol. The molecule has 2 N–H and O–H groups in total. The van der Waals surface area contributed by atoms with Crippen molar-refractivity contribution in [3.05, 3.63) is 35.9 Å². The number of rotatable bonds is 2. The molecule has 0 aliphatic carbocycles. The predicted octanol–water partition coefficient (Wildman–Crippen LogP) is 0.676. The molecule has 1 rings (SSSR count). The normalized spacial score (nSPS) is 8.07. The number of amides is 1. The Labute approximate surface area is 82.6 Å². The Morgan fingerprint density at radius 2 is 1.93 bits per heavy atom. The van der Waals surface area contributed by atoms with Crippen LogP contribution in [0.5, 0.6) is 0 Å². The SMILES string of the molecule is CNC(=O)Cc1ccccc1.O=CO. The van der Waals surface area contributed by atoms with Crippen LogP contribution >= 0.6 is 0 Å². The van der Waals surface area contributed by atoms with Crippen LogP contribution in [0.25, 0.3) is 0 Å². The molecule has 76 valence electrons. The fraction of sp³-hybridized carbons (Fsp3) is 0.200. The van der Waals surface area contributed by atoms with Gasteiger partial charge in [-0.3, -0.25) is 9.59 Å². The molecule has 0 radical (unpaired) electrons. The van der Waals surface area contributed by atoms with Gasteiger partial charge >= 0.3 is 0 Å². The van der Waals surface area contributed by atoms with Crippen LogP contribution in [0.2, 0.25) is 0 Å². The topological polar surface area (TPSA) is 66.4 Å². The van der Waals surface area contributed by atoms with Crippen LogP contribution in [0.3, 0.4) is 0 Å². The molecule has 0 aromatic heterocycles. The van der Waals surface area contributed by atoms with E-state index in [1.807, 2.05) is 30.3 Å². The lowest BCUT2D eigenvalue weighted by molar-refractivity contribution is -0.123. The Morgan fingerprint density at radius 3 is 2.36 bits per heavy atom. The smallest absolute Gasteiger partial charge is 0.290 e. The summed E-state index contributed by atoms with van der Waals surface area (Å²) < 4.78 is 0. The fourth-order valence-corrected chi connectivity index (χ4v) is 0.870. The van der Waals surface area contributed by atoms with Crippen LogP contribution in [0.4, 0.5) is 0 Å². The first-order chi connectivity index (χ1) is 6.74. The molecule has 0 fully saturated rings. The average molecular weight is 195 g/mol. The van der Waals surface area contributed by atoms with Crippen LogP contribution in [0.15, 0.2) is 30.3 Å². The maximum Gasteiger partial charge on any atom is 0.290 e. The summed E-state index contributed by atoms with van der Waals surface area (Å²) in [5.74, 6) is 0.0520. The summed E-state index contributed by atoms with van der Waals surface area (Å²) in [5.41, 5.74) is 1.05. The van der Waals surface area contributed by atoms with E-state index < -0.39 is 0 Å². The summed E-state index contributed by atoms with van der Waals surface area (Å²) in [4.78, 5) is 19.2. The third-order valence-electron chi connectivity index (χ3n) is 1.49. The molecule has 4 heteroatoms. The second-order valence-corrected chi connectivity index (χ2v) is 2.44. The molecule has 0 atom stereocenters. The van der Waals surface area contributed by atoms with E-state index in [1.165, 1.54) is 0 Å². The van der Waals surface area contributed by atoms with E-state index in [-0.39, 0.29) is 12.4 Å². The fourth-order valence-electron chi connectivity index (χ4n) is 0.870. The van der Waals surface area contributed by atoms with Crippen molar-refractivity contribution in [3.8, 4) is 0 Å². The van der Waals surface area contributed by atoms with Crippen LogP contribution in [-0.2, 0) is 16.0 Å². The highest BCUT2D eigenvalue weighted by Crippen LogP contribution is 1.98. The van der Waals surface area contributed by atoms with E-state index in [1.54, 1.807) is 7.05 Å². The Hall–Kier alpha value is -1.84. The zero-order valence-electron chi connectivity index (χ0n) is 7.93. The van der Waals surface area contributed by atoms with Crippen LogP contribution in [-0.4, -0.2) is 24.5 Å². The summed E-state index contributed by atoms with van der Waals surface area (Å²) >= 11 is 0. The highest BCUT2D eigenvalue weighted by Gasteiger charge is 1.97. The first-order valence-electron chi connectivity index (χ1n) is 4.07. The van der Waals surface area contributed by atoms with Crippen molar-refractivity contribution in [2.45, 2.75) is 6.42 Å². The second kappa shape index (κ2) is 7.79. The predicted molar refractivity (Wildman–Crippen MR) is 52.9 cm³/mol. The van der Waals surface area contributed by atoms with Gasteiger partial charge in [-0.2, -0.15) is 0 Å². The minimum Gasteiger partial charge on any atom is -0.483 e. The van der Waals surface area contributed by atoms with E-state index in [4.69, 9.17) is 9.90 Å². The third-order valence-corrected chi connectivity index (χ3v) is 1.49. The number of hydrogen-bond acceptors (Lipinski definition) is 2. The van der Waals surface area contributed by atoms with Gasteiger partial charge < -0.3 is 10.4 Å². The second-order valence-electron chi connectivity index (χ2n) is 2.44. The number of likely N-dealkylation sites (N-methyl/N-ethyl adjacent to an activating group) is 1. The quantitative estimate of drug-likeness (QED) is 0.682. The van der Waals surface area contributed by atoms with E-state index >= 15 is 0 Å². The molecule has 0 aliphatic rings.